The molecule has 3 aromatic rings. The zero-order chi connectivity index (χ0) is 23.7. The smallest absolute Gasteiger partial charge is 0.283 e. The van der Waals surface area contributed by atoms with E-state index >= 15 is 0 Å². The van der Waals surface area contributed by atoms with Gasteiger partial charge in [0.05, 0.1) is 19.2 Å². The van der Waals surface area contributed by atoms with Crippen LogP contribution in [0.3, 0.4) is 0 Å². The number of nitrogens with one attached hydrogen (secondary N) is 1. The van der Waals surface area contributed by atoms with E-state index in [0.29, 0.717) is 18.3 Å². The van der Waals surface area contributed by atoms with Crippen LogP contribution in [0.4, 0.5) is 0 Å². The SMILES string of the molecule is CCC1=NN2C(=N)C(=Cc3cn(CCOc4ccc(OC)cc4)c4ccccc34)C(=O)N=C2S1. The van der Waals surface area contributed by atoms with Crippen LogP contribution in [0, 0.1) is 5.41 Å². The number of amides is 1. The normalized spacial score (nSPS) is 16.6. The molecule has 0 radical (unpaired) electrons. The summed E-state index contributed by atoms with van der Waals surface area (Å²) in [4.78, 5) is 16.9. The molecule has 1 aromatic heterocycles. The van der Waals surface area contributed by atoms with E-state index in [9.17, 15) is 4.79 Å². The lowest BCUT2D eigenvalue weighted by Crippen LogP contribution is -2.35. The van der Waals surface area contributed by atoms with Gasteiger partial charge in [-0.1, -0.05) is 25.1 Å². The third kappa shape index (κ3) is 4.10. The number of benzene rings is 2. The first-order valence-electron chi connectivity index (χ1n) is 10.9. The van der Waals surface area contributed by atoms with Crippen molar-refractivity contribution in [3.05, 3.63) is 65.9 Å². The van der Waals surface area contributed by atoms with Gasteiger partial charge in [-0.2, -0.15) is 15.1 Å². The predicted molar refractivity (Wildman–Crippen MR) is 136 cm³/mol. The maximum Gasteiger partial charge on any atom is 0.283 e. The molecule has 0 aliphatic carbocycles. The molecule has 2 aromatic carbocycles. The summed E-state index contributed by atoms with van der Waals surface area (Å²) in [6, 6.07) is 15.5. The summed E-state index contributed by atoms with van der Waals surface area (Å²) in [6.45, 7) is 3.08. The lowest BCUT2D eigenvalue weighted by atomic mass is 10.1. The van der Waals surface area contributed by atoms with Gasteiger partial charge >= 0.3 is 0 Å². The average Bonchev–Trinajstić information content (AvgIpc) is 3.44. The number of ether oxygens (including phenoxy) is 2. The van der Waals surface area contributed by atoms with Crippen molar-refractivity contribution in [2.45, 2.75) is 19.9 Å². The van der Waals surface area contributed by atoms with E-state index in [1.54, 1.807) is 13.2 Å². The number of carbonyl (C=O) groups excluding carboxylic acids is 1. The fourth-order valence-electron chi connectivity index (χ4n) is 3.84. The third-order valence-corrected chi connectivity index (χ3v) is 6.63. The Labute approximate surface area is 201 Å². The summed E-state index contributed by atoms with van der Waals surface area (Å²) in [6.07, 6.45) is 4.44. The van der Waals surface area contributed by atoms with E-state index in [0.717, 1.165) is 39.4 Å². The Balaban J connectivity index is 1.40. The van der Waals surface area contributed by atoms with Crippen LogP contribution >= 0.6 is 11.8 Å². The van der Waals surface area contributed by atoms with Gasteiger partial charge in [0.25, 0.3) is 5.91 Å². The molecular formula is C25H23N5O3S. The zero-order valence-corrected chi connectivity index (χ0v) is 19.6. The van der Waals surface area contributed by atoms with E-state index in [2.05, 4.69) is 14.7 Å². The molecule has 3 heterocycles. The summed E-state index contributed by atoms with van der Waals surface area (Å²) in [5.41, 5.74) is 2.09. The molecule has 0 saturated heterocycles. The van der Waals surface area contributed by atoms with E-state index in [1.165, 1.54) is 16.8 Å². The Morgan fingerprint density at radius 3 is 2.65 bits per heavy atom. The van der Waals surface area contributed by atoms with Crippen molar-refractivity contribution >= 4 is 50.7 Å². The monoisotopic (exact) mass is 473 g/mol. The highest BCUT2D eigenvalue weighted by Crippen LogP contribution is 2.31. The van der Waals surface area contributed by atoms with Crippen LogP contribution in [0.1, 0.15) is 18.9 Å². The molecule has 2 aliphatic rings. The molecule has 5 rings (SSSR count). The van der Waals surface area contributed by atoms with Gasteiger partial charge < -0.3 is 14.0 Å². The summed E-state index contributed by atoms with van der Waals surface area (Å²) in [5.74, 6) is 1.18. The highest BCUT2D eigenvalue weighted by molar-refractivity contribution is 8.26. The number of aromatic nitrogens is 1. The first kappa shape index (κ1) is 22.0. The fourth-order valence-corrected chi connectivity index (χ4v) is 4.66. The van der Waals surface area contributed by atoms with Crippen LogP contribution in [0.25, 0.3) is 17.0 Å². The number of hydrazone groups is 1. The Morgan fingerprint density at radius 1 is 1.12 bits per heavy atom. The first-order chi connectivity index (χ1) is 16.6. The largest absolute Gasteiger partial charge is 0.497 e. The lowest BCUT2D eigenvalue weighted by Gasteiger charge is -2.20. The highest BCUT2D eigenvalue weighted by Gasteiger charge is 2.35. The van der Waals surface area contributed by atoms with Gasteiger partial charge in [0.15, 0.2) is 5.84 Å². The maximum atomic E-state index is 12.7. The molecular weight excluding hydrogens is 450 g/mol. The second-order valence-corrected chi connectivity index (χ2v) is 8.73. The first-order valence-corrected chi connectivity index (χ1v) is 11.7. The quantitative estimate of drug-likeness (QED) is 0.500. The number of rotatable bonds is 7. The van der Waals surface area contributed by atoms with Crippen LogP contribution in [-0.4, -0.2) is 45.2 Å². The summed E-state index contributed by atoms with van der Waals surface area (Å²) in [5, 5.41) is 16.7. The number of para-hydroxylation sites is 1. The van der Waals surface area contributed by atoms with Crippen molar-refractivity contribution in [1.29, 1.82) is 5.41 Å². The Bertz CT molecular complexity index is 1370. The van der Waals surface area contributed by atoms with E-state index in [-0.39, 0.29) is 11.4 Å². The number of nitrogens with zero attached hydrogens (tertiary/aromatic N) is 4. The highest BCUT2D eigenvalue weighted by atomic mass is 32.2. The van der Waals surface area contributed by atoms with Crippen molar-refractivity contribution < 1.29 is 14.3 Å². The molecule has 0 atom stereocenters. The number of thioether (sulfide) groups is 1. The Morgan fingerprint density at radius 2 is 1.88 bits per heavy atom. The van der Waals surface area contributed by atoms with Crippen LogP contribution in [-0.2, 0) is 11.3 Å². The number of methoxy groups -OCH3 is 1. The average molecular weight is 474 g/mol. The maximum absolute atomic E-state index is 12.7. The number of amidine groups is 2. The number of carbonyl (C=O) groups is 1. The summed E-state index contributed by atoms with van der Waals surface area (Å²) >= 11 is 1.34. The molecule has 34 heavy (non-hydrogen) atoms. The standard InChI is InChI=1S/C25H23N5O3S/c1-3-22-28-30-23(26)20(24(31)27-25(30)34-22)14-16-15-29(21-7-5-4-6-19(16)21)12-13-33-18-10-8-17(32-2)9-11-18/h4-11,14-15,26H,3,12-13H2,1-2H3. The topological polar surface area (TPSA) is 92.3 Å². The van der Waals surface area contributed by atoms with Crippen LogP contribution in [0.2, 0.25) is 0 Å². The molecule has 0 fully saturated rings. The Hall–Kier alpha value is -3.85. The molecule has 2 aliphatic heterocycles. The van der Waals surface area contributed by atoms with E-state index in [1.807, 2.05) is 61.7 Å². The van der Waals surface area contributed by atoms with Crippen LogP contribution in [0.5, 0.6) is 11.5 Å². The van der Waals surface area contributed by atoms with E-state index < -0.39 is 5.91 Å². The molecule has 8 nitrogen and oxygen atoms in total. The molecule has 0 unspecified atom stereocenters. The third-order valence-electron chi connectivity index (χ3n) is 5.58. The zero-order valence-electron chi connectivity index (χ0n) is 18.8. The minimum Gasteiger partial charge on any atom is -0.497 e. The van der Waals surface area contributed by atoms with Crippen molar-refractivity contribution in [2.24, 2.45) is 10.1 Å². The molecule has 0 bridgehead atoms. The van der Waals surface area contributed by atoms with Gasteiger partial charge in [0.1, 0.15) is 23.1 Å². The number of hydrogen-bond acceptors (Lipinski definition) is 6. The van der Waals surface area contributed by atoms with Crippen LogP contribution < -0.4 is 9.47 Å². The second kappa shape index (κ2) is 9.18. The summed E-state index contributed by atoms with van der Waals surface area (Å²) in [7, 11) is 1.63. The molecule has 0 spiro atoms. The predicted octanol–water partition coefficient (Wildman–Crippen LogP) is 4.76. The molecule has 172 valence electrons. The van der Waals surface area contributed by atoms with Crippen molar-refractivity contribution in [3.63, 3.8) is 0 Å². The second-order valence-electron chi connectivity index (χ2n) is 7.69. The minimum atomic E-state index is -0.420. The number of hydrogen-bond donors (Lipinski definition) is 1. The fraction of sp³-hybridized carbons (Fsp3) is 0.200. The van der Waals surface area contributed by atoms with Crippen molar-refractivity contribution in [1.82, 2.24) is 9.58 Å². The number of aliphatic imine (C=N–C) groups is 1. The van der Waals surface area contributed by atoms with Gasteiger partial charge in [0, 0.05) is 22.7 Å². The van der Waals surface area contributed by atoms with E-state index in [4.69, 9.17) is 14.9 Å². The van der Waals surface area contributed by atoms with Gasteiger partial charge in [-0.25, -0.2) is 0 Å². The molecule has 0 saturated carbocycles. The van der Waals surface area contributed by atoms with Gasteiger partial charge in [-0.05, 0) is 54.6 Å². The van der Waals surface area contributed by atoms with Crippen molar-refractivity contribution in [2.75, 3.05) is 13.7 Å². The van der Waals surface area contributed by atoms with Gasteiger partial charge in [-0.15, -0.1) is 0 Å². The van der Waals surface area contributed by atoms with Gasteiger partial charge in [-0.3, -0.25) is 10.2 Å². The summed E-state index contributed by atoms with van der Waals surface area (Å²) < 4.78 is 13.2. The molecule has 1 amide bonds. The lowest BCUT2D eigenvalue weighted by molar-refractivity contribution is -0.114. The molecule has 9 heteroatoms. The molecule has 1 N–H and O–H groups in total. The van der Waals surface area contributed by atoms with Crippen molar-refractivity contribution in [3.8, 4) is 11.5 Å². The van der Waals surface area contributed by atoms with Crippen LogP contribution in [0.15, 0.2) is 70.4 Å². The van der Waals surface area contributed by atoms with Gasteiger partial charge in [0.2, 0.25) is 5.17 Å². The minimum absolute atomic E-state index is 0.0469. The Kier molecular flexibility index (Phi) is 5.93. The number of fused-ring (bicyclic) bond motifs is 2.